The largest absolute Gasteiger partial charge is 0.338 e. The lowest BCUT2D eigenvalue weighted by atomic mass is 9.97. The third kappa shape index (κ3) is 4.30. The maximum absolute atomic E-state index is 12.6. The number of amides is 1. The fourth-order valence-electron chi connectivity index (χ4n) is 2.76. The normalized spacial score (nSPS) is 18.0. The molecular weight excluding hydrogens is 262 g/mol. The van der Waals surface area contributed by atoms with Crippen LogP contribution in [0.4, 0.5) is 0 Å². The summed E-state index contributed by atoms with van der Waals surface area (Å²) in [5.74, 6) is 0.372. The number of nitrogens with zero attached hydrogens (tertiary/aromatic N) is 2. The minimum atomic E-state index is 0.115. The van der Waals surface area contributed by atoms with Crippen LogP contribution in [0.25, 0.3) is 0 Å². The first-order chi connectivity index (χ1) is 10.2. The van der Waals surface area contributed by atoms with E-state index in [4.69, 9.17) is 5.26 Å². The molecule has 4 nitrogen and oxygen atoms in total. The fourth-order valence-corrected chi connectivity index (χ4v) is 2.76. The molecule has 0 aliphatic carbocycles. The van der Waals surface area contributed by atoms with Crippen molar-refractivity contribution < 1.29 is 4.79 Å². The number of hydrogen-bond acceptors (Lipinski definition) is 3. The summed E-state index contributed by atoms with van der Waals surface area (Å²) in [5.41, 5.74) is 1.74. The van der Waals surface area contributed by atoms with Crippen LogP contribution in [0.2, 0.25) is 0 Å². The van der Waals surface area contributed by atoms with Gasteiger partial charge in [-0.05, 0) is 43.5 Å². The van der Waals surface area contributed by atoms with Gasteiger partial charge in [0.2, 0.25) is 5.91 Å². The lowest BCUT2D eigenvalue weighted by molar-refractivity contribution is -0.136. The van der Waals surface area contributed by atoms with Gasteiger partial charge in [-0.1, -0.05) is 19.1 Å². The van der Waals surface area contributed by atoms with E-state index in [0.29, 0.717) is 12.1 Å². The van der Waals surface area contributed by atoms with Crippen LogP contribution in [-0.4, -0.2) is 30.4 Å². The molecular formula is C17H23N3O. The van der Waals surface area contributed by atoms with Gasteiger partial charge in [0.05, 0.1) is 17.6 Å². The molecule has 0 bridgehead atoms. The van der Waals surface area contributed by atoms with Crippen LogP contribution in [0.5, 0.6) is 0 Å². The van der Waals surface area contributed by atoms with Crippen molar-refractivity contribution >= 4 is 5.91 Å². The molecule has 1 heterocycles. The molecule has 112 valence electrons. The highest BCUT2D eigenvalue weighted by atomic mass is 16.2. The molecule has 1 aliphatic rings. The van der Waals surface area contributed by atoms with Crippen molar-refractivity contribution in [2.75, 3.05) is 19.6 Å². The van der Waals surface area contributed by atoms with Crippen molar-refractivity contribution in [1.82, 2.24) is 10.2 Å². The second-order valence-corrected chi connectivity index (χ2v) is 5.61. The molecule has 0 radical (unpaired) electrons. The van der Waals surface area contributed by atoms with E-state index in [1.807, 2.05) is 29.2 Å². The Morgan fingerprint density at radius 1 is 1.43 bits per heavy atom. The maximum atomic E-state index is 12.6. The van der Waals surface area contributed by atoms with Crippen LogP contribution in [0.1, 0.15) is 37.3 Å². The number of nitriles is 1. The van der Waals surface area contributed by atoms with Crippen molar-refractivity contribution in [2.45, 2.75) is 32.7 Å². The van der Waals surface area contributed by atoms with Gasteiger partial charge < -0.3 is 10.2 Å². The topological polar surface area (TPSA) is 56.1 Å². The van der Waals surface area contributed by atoms with Crippen LogP contribution in [-0.2, 0) is 11.3 Å². The van der Waals surface area contributed by atoms with Gasteiger partial charge in [-0.15, -0.1) is 0 Å². The Morgan fingerprint density at radius 2 is 2.19 bits per heavy atom. The Kier molecular flexibility index (Phi) is 5.77. The molecule has 1 aromatic carbocycles. The van der Waals surface area contributed by atoms with Crippen LogP contribution >= 0.6 is 0 Å². The molecule has 1 aliphatic heterocycles. The van der Waals surface area contributed by atoms with Crippen molar-refractivity contribution in [1.29, 1.82) is 5.26 Å². The molecule has 1 amide bonds. The molecule has 2 rings (SSSR count). The summed E-state index contributed by atoms with van der Waals surface area (Å²) in [5, 5.41) is 12.1. The second kappa shape index (κ2) is 7.80. The molecule has 0 spiro atoms. The van der Waals surface area contributed by atoms with Gasteiger partial charge in [0.15, 0.2) is 0 Å². The van der Waals surface area contributed by atoms with E-state index in [0.717, 1.165) is 44.5 Å². The average Bonchev–Trinajstić information content (AvgIpc) is 2.55. The van der Waals surface area contributed by atoms with Crippen molar-refractivity contribution in [2.24, 2.45) is 5.92 Å². The van der Waals surface area contributed by atoms with Gasteiger partial charge in [0.25, 0.3) is 0 Å². The Bertz CT molecular complexity index is 498. The Balaban J connectivity index is 2.03. The summed E-state index contributed by atoms with van der Waals surface area (Å²) in [4.78, 5) is 14.6. The van der Waals surface area contributed by atoms with Crippen molar-refractivity contribution in [3.8, 4) is 6.07 Å². The van der Waals surface area contributed by atoms with Gasteiger partial charge >= 0.3 is 0 Å². The lowest BCUT2D eigenvalue weighted by Crippen LogP contribution is -2.43. The molecule has 21 heavy (non-hydrogen) atoms. The fraction of sp³-hybridized carbons (Fsp3) is 0.529. The quantitative estimate of drug-likeness (QED) is 0.903. The number of carbonyl (C=O) groups is 1. The highest BCUT2D eigenvalue weighted by Crippen LogP contribution is 2.16. The smallest absolute Gasteiger partial charge is 0.227 e. The molecule has 1 saturated heterocycles. The number of carbonyl (C=O) groups excluding carboxylic acids is 1. The molecule has 0 unspecified atom stereocenters. The summed E-state index contributed by atoms with van der Waals surface area (Å²) in [6.07, 6.45) is 3.02. The van der Waals surface area contributed by atoms with E-state index in [1.54, 1.807) is 0 Å². The third-order valence-corrected chi connectivity index (χ3v) is 3.91. The van der Waals surface area contributed by atoms with E-state index in [1.165, 1.54) is 0 Å². The average molecular weight is 285 g/mol. The molecule has 1 N–H and O–H groups in total. The second-order valence-electron chi connectivity index (χ2n) is 5.61. The van der Waals surface area contributed by atoms with Crippen LogP contribution in [0.15, 0.2) is 24.3 Å². The SMILES string of the molecule is CCCN(Cc1ccc(C#N)cc1)C(=O)[C@@H]1CCCNC1. The zero-order chi connectivity index (χ0) is 15.1. The standard InChI is InChI=1S/C17H23N3O/c1-2-10-20(17(21)16-4-3-9-19-12-16)13-15-7-5-14(11-18)6-8-15/h5-8,16,19H,2-4,9-10,12-13H2,1H3/t16-/m1/s1. The predicted molar refractivity (Wildman–Crippen MR) is 82.5 cm³/mol. The summed E-state index contributed by atoms with van der Waals surface area (Å²) >= 11 is 0. The molecule has 1 fully saturated rings. The highest BCUT2D eigenvalue weighted by molar-refractivity contribution is 5.79. The number of rotatable bonds is 5. The van der Waals surface area contributed by atoms with Gasteiger partial charge in [0.1, 0.15) is 0 Å². The first-order valence-corrected chi connectivity index (χ1v) is 7.73. The highest BCUT2D eigenvalue weighted by Gasteiger charge is 2.25. The zero-order valence-electron chi connectivity index (χ0n) is 12.6. The zero-order valence-corrected chi connectivity index (χ0v) is 12.6. The minimum Gasteiger partial charge on any atom is -0.338 e. The van der Waals surface area contributed by atoms with E-state index < -0.39 is 0 Å². The van der Waals surface area contributed by atoms with Crippen LogP contribution in [0, 0.1) is 17.2 Å². The van der Waals surface area contributed by atoms with Gasteiger partial charge in [-0.3, -0.25) is 4.79 Å². The van der Waals surface area contributed by atoms with E-state index in [9.17, 15) is 4.79 Å². The Labute approximate surface area is 126 Å². The van der Waals surface area contributed by atoms with Crippen molar-refractivity contribution in [3.63, 3.8) is 0 Å². The van der Waals surface area contributed by atoms with E-state index in [-0.39, 0.29) is 11.8 Å². The van der Waals surface area contributed by atoms with Crippen LogP contribution < -0.4 is 5.32 Å². The molecule has 0 saturated carbocycles. The predicted octanol–water partition coefficient (Wildman–Crippen LogP) is 2.30. The minimum absolute atomic E-state index is 0.115. The van der Waals surface area contributed by atoms with Crippen LogP contribution in [0.3, 0.4) is 0 Å². The summed E-state index contributed by atoms with van der Waals surface area (Å²) in [7, 11) is 0. The third-order valence-electron chi connectivity index (χ3n) is 3.91. The number of nitrogens with one attached hydrogen (secondary N) is 1. The van der Waals surface area contributed by atoms with Crippen molar-refractivity contribution in [3.05, 3.63) is 35.4 Å². The van der Waals surface area contributed by atoms with Gasteiger partial charge in [-0.25, -0.2) is 0 Å². The Morgan fingerprint density at radius 3 is 2.76 bits per heavy atom. The van der Waals surface area contributed by atoms with Gasteiger partial charge in [-0.2, -0.15) is 5.26 Å². The molecule has 1 atom stereocenters. The number of benzene rings is 1. The maximum Gasteiger partial charge on any atom is 0.227 e. The van der Waals surface area contributed by atoms with Gasteiger partial charge in [0, 0.05) is 19.6 Å². The summed E-state index contributed by atoms with van der Waals surface area (Å²) in [6, 6.07) is 9.62. The first-order valence-electron chi connectivity index (χ1n) is 7.73. The summed E-state index contributed by atoms with van der Waals surface area (Å²) in [6.45, 7) is 5.34. The number of piperidine rings is 1. The van der Waals surface area contributed by atoms with E-state index in [2.05, 4.69) is 18.3 Å². The number of hydrogen-bond donors (Lipinski definition) is 1. The molecule has 4 heteroatoms. The Hall–Kier alpha value is -1.86. The molecule has 1 aromatic rings. The monoisotopic (exact) mass is 285 g/mol. The van der Waals surface area contributed by atoms with E-state index >= 15 is 0 Å². The first kappa shape index (κ1) is 15.5. The molecule has 0 aromatic heterocycles. The summed E-state index contributed by atoms with van der Waals surface area (Å²) < 4.78 is 0. The lowest BCUT2D eigenvalue weighted by Gasteiger charge is -2.29.